The first-order chi connectivity index (χ1) is 6.31. The molecule has 0 aliphatic rings. The minimum Gasteiger partial charge on any atom is -0.396 e. The Labute approximate surface area is 82.4 Å². The van der Waals surface area contributed by atoms with Crippen LogP contribution < -0.4 is 0 Å². The van der Waals surface area contributed by atoms with E-state index in [0.29, 0.717) is 0 Å². The fourth-order valence-corrected chi connectivity index (χ4v) is 1.04. The summed E-state index contributed by atoms with van der Waals surface area (Å²) in [5.74, 6) is 0. The van der Waals surface area contributed by atoms with Crippen molar-refractivity contribution < 1.29 is 4.84 Å². The Hall–Kier alpha value is -0.530. The summed E-state index contributed by atoms with van der Waals surface area (Å²) in [5.41, 5.74) is 1.13. The quantitative estimate of drug-likeness (QED) is 0.320. The Morgan fingerprint density at radius 1 is 1.08 bits per heavy atom. The van der Waals surface area contributed by atoms with Crippen LogP contribution in [0, 0.1) is 0 Å². The lowest BCUT2D eigenvalue weighted by Crippen LogP contribution is -1.95. The fourth-order valence-electron chi connectivity index (χ4n) is 1.04. The smallest absolute Gasteiger partial charge is 0.117 e. The average Bonchev–Trinajstić information content (AvgIpc) is 2.13. The van der Waals surface area contributed by atoms with E-state index in [2.05, 4.69) is 19.0 Å². The first-order valence-electron chi connectivity index (χ1n) is 5.46. The Morgan fingerprint density at radius 2 is 1.77 bits per heavy atom. The summed E-state index contributed by atoms with van der Waals surface area (Å²) >= 11 is 0. The van der Waals surface area contributed by atoms with Crippen molar-refractivity contribution in [2.45, 2.75) is 59.3 Å². The zero-order valence-electron chi connectivity index (χ0n) is 9.31. The Kier molecular flexibility index (Phi) is 9.17. The number of hydrogen-bond donors (Lipinski definition) is 0. The molecule has 2 heteroatoms. The van der Waals surface area contributed by atoms with Gasteiger partial charge in [-0.05, 0) is 26.2 Å². The topological polar surface area (TPSA) is 21.6 Å². The van der Waals surface area contributed by atoms with E-state index in [1.807, 2.05) is 6.92 Å². The van der Waals surface area contributed by atoms with Gasteiger partial charge in [-0.25, -0.2) is 0 Å². The third kappa shape index (κ3) is 9.38. The summed E-state index contributed by atoms with van der Waals surface area (Å²) in [7, 11) is 0. The third-order valence-corrected chi connectivity index (χ3v) is 1.95. The maximum absolute atomic E-state index is 5.15. The van der Waals surface area contributed by atoms with Crippen LogP contribution in [0.2, 0.25) is 0 Å². The second kappa shape index (κ2) is 9.56. The molecule has 0 heterocycles. The van der Waals surface area contributed by atoms with E-state index in [1.54, 1.807) is 0 Å². The van der Waals surface area contributed by atoms with Gasteiger partial charge in [0.05, 0.1) is 5.71 Å². The van der Waals surface area contributed by atoms with E-state index in [-0.39, 0.29) is 0 Å². The van der Waals surface area contributed by atoms with Crippen LogP contribution in [0.5, 0.6) is 0 Å². The van der Waals surface area contributed by atoms with Gasteiger partial charge in [0.1, 0.15) is 6.61 Å². The third-order valence-electron chi connectivity index (χ3n) is 1.95. The number of nitrogens with zero attached hydrogens (tertiary/aromatic N) is 1. The van der Waals surface area contributed by atoms with Crippen LogP contribution in [0.15, 0.2) is 5.16 Å². The second-order valence-electron chi connectivity index (χ2n) is 3.47. The van der Waals surface area contributed by atoms with Gasteiger partial charge in [-0.2, -0.15) is 0 Å². The molecule has 0 atom stereocenters. The monoisotopic (exact) mass is 185 g/mol. The average molecular weight is 185 g/mol. The van der Waals surface area contributed by atoms with Gasteiger partial charge in [-0.1, -0.05) is 38.3 Å². The van der Waals surface area contributed by atoms with Crippen molar-refractivity contribution in [1.29, 1.82) is 0 Å². The molecule has 0 fully saturated rings. The molecular weight excluding hydrogens is 162 g/mol. The van der Waals surface area contributed by atoms with Crippen LogP contribution in [0.3, 0.4) is 0 Å². The Morgan fingerprint density at radius 3 is 2.38 bits per heavy atom. The molecule has 0 aromatic rings. The Balaban J connectivity index is 3.29. The first kappa shape index (κ1) is 12.5. The lowest BCUT2D eigenvalue weighted by Gasteiger charge is -2.00. The van der Waals surface area contributed by atoms with Crippen LogP contribution in [0.4, 0.5) is 0 Å². The minimum atomic E-state index is 0.765. The van der Waals surface area contributed by atoms with E-state index in [1.165, 1.54) is 25.7 Å². The van der Waals surface area contributed by atoms with E-state index >= 15 is 0 Å². The highest BCUT2D eigenvalue weighted by molar-refractivity contribution is 5.81. The molecule has 0 saturated heterocycles. The molecule has 0 unspecified atom stereocenters. The highest BCUT2D eigenvalue weighted by Crippen LogP contribution is 2.01. The van der Waals surface area contributed by atoms with E-state index in [9.17, 15) is 0 Å². The molecule has 0 aromatic carbocycles. The predicted octanol–water partition coefficient (Wildman–Crippen LogP) is 3.76. The molecule has 78 valence electrons. The molecule has 13 heavy (non-hydrogen) atoms. The first-order valence-corrected chi connectivity index (χ1v) is 5.46. The molecule has 0 amide bonds. The van der Waals surface area contributed by atoms with Crippen LogP contribution >= 0.6 is 0 Å². The molecule has 0 aliphatic heterocycles. The van der Waals surface area contributed by atoms with Crippen LogP contribution in [0.1, 0.15) is 59.3 Å². The van der Waals surface area contributed by atoms with Gasteiger partial charge < -0.3 is 4.84 Å². The lowest BCUT2D eigenvalue weighted by molar-refractivity contribution is 0.140. The van der Waals surface area contributed by atoms with Crippen molar-refractivity contribution in [2.75, 3.05) is 6.61 Å². The maximum Gasteiger partial charge on any atom is 0.117 e. The number of hydrogen-bond acceptors (Lipinski definition) is 2. The molecular formula is C11H23NO. The summed E-state index contributed by atoms with van der Waals surface area (Å²) in [6, 6.07) is 0. The highest BCUT2D eigenvalue weighted by atomic mass is 16.6. The van der Waals surface area contributed by atoms with Gasteiger partial charge in [0.25, 0.3) is 0 Å². The maximum atomic E-state index is 5.15. The summed E-state index contributed by atoms with van der Waals surface area (Å²) in [5, 5.41) is 4.05. The number of unbranched alkanes of at least 4 members (excludes halogenated alkanes) is 3. The number of oxime groups is 1. The van der Waals surface area contributed by atoms with Crippen molar-refractivity contribution in [3.05, 3.63) is 0 Å². The Bertz CT molecular complexity index is 132. The summed E-state index contributed by atoms with van der Waals surface area (Å²) in [6.45, 7) is 7.18. The van der Waals surface area contributed by atoms with Crippen LogP contribution in [-0.2, 0) is 4.84 Å². The highest BCUT2D eigenvalue weighted by Gasteiger charge is 1.92. The number of rotatable bonds is 8. The van der Waals surface area contributed by atoms with Crippen LogP contribution in [-0.4, -0.2) is 12.3 Å². The summed E-state index contributed by atoms with van der Waals surface area (Å²) in [4.78, 5) is 5.15. The molecule has 0 rings (SSSR count). The van der Waals surface area contributed by atoms with Crippen molar-refractivity contribution in [1.82, 2.24) is 0 Å². The van der Waals surface area contributed by atoms with Gasteiger partial charge >= 0.3 is 0 Å². The second-order valence-corrected chi connectivity index (χ2v) is 3.47. The zero-order valence-corrected chi connectivity index (χ0v) is 9.31. The van der Waals surface area contributed by atoms with E-state index < -0.39 is 0 Å². The largest absolute Gasteiger partial charge is 0.396 e. The zero-order chi connectivity index (χ0) is 9.94. The molecule has 2 nitrogen and oxygen atoms in total. The minimum absolute atomic E-state index is 0.765. The van der Waals surface area contributed by atoms with Gasteiger partial charge in [-0.3, -0.25) is 0 Å². The van der Waals surface area contributed by atoms with E-state index in [0.717, 1.165) is 25.2 Å². The van der Waals surface area contributed by atoms with Gasteiger partial charge in [-0.15, -0.1) is 0 Å². The van der Waals surface area contributed by atoms with Gasteiger partial charge in [0.2, 0.25) is 0 Å². The fraction of sp³-hybridized carbons (Fsp3) is 0.909. The molecule has 0 saturated carbocycles. The van der Waals surface area contributed by atoms with Crippen LogP contribution in [0.25, 0.3) is 0 Å². The summed E-state index contributed by atoms with van der Waals surface area (Å²) < 4.78 is 0. The van der Waals surface area contributed by atoms with Gasteiger partial charge in [0.15, 0.2) is 0 Å². The normalized spacial score (nSPS) is 11.8. The van der Waals surface area contributed by atoms with Crippen molar-refractivity contribution in [2.24, 2.45) is 5.16 Å². The molecule has 0 aliphatic carbocycles. The SMILES string of the molecule is CCCCC/C(C)=N/OCCCC. The van der Waals surface area contributed by atoms with Crippen molar-refractivity contribution in [3.63, 3.8) is 0 Å². The van der Waals surface area contributed by atoms with Crippen molar-refractivity contribution >= 4 is 5.71 Å². The van der Waals surface area contributed by atoms with Crippen molar-refractivity contribution in [3.8, 4) is 0 Å². The molecule has 0 bridgehead atoms. The predicted molar refractivity (Wildman–Crippen MR) is 58.1 cm³/mol. The summed E-state index contributed by atoms with van der Waals surface area (Å²) in [6.07, 6.45) is 7.16. The molecule has 0 N–H and O–H groups in total. The molecule has 0 spiro atoms. The molecule has 0 aromatic heterocycles. The van der Waals surface area contributed by atoms with E-state index in [4.69, 9.17) is 4.84 Å². The van der Waals surface area contributed by atoms with Gasteiger partial charge in [0, 0.05) is 0 Å². The lowest BCUT2D eigenvalue weighted by atomic mass is 10.1. The molecule has 0 radical (unpaired) electrons. The standard InChI is InChI=1S/C11H23NO/c1-4-6-8-9-11(3)12-13-10-7-5-2/h4-10H2,1-3H3/b12-11+.